The zero-order valence-electron chi connectivity index (χ0n) is 16.6. The van der Waals surface area contributed by atoms with E-state index in [9.17, 15) is 9.18 Å². The van der Waals surface area contributed by atoms with Gasteiger partial charge in [-0.05, 0) is 36.8 Å². The molecular weight excluding hydrogens is 387 g/mol. The number of aryl methyl sites for hydroxylation is 2. The van der Waals surface area contributed by atoms with Gasteiger partial charge in [-0.3, -0.25) is 9.36 Å². The van der Waals surface area contributed by atoms with E-state index in [2.05, 4.69) is 25.6 Å². The van der Waals surface area contributed by atoms with Gasteiger partial charge in [-0.1, -0.05) is 6.07 Å². The van der Waals surface area contributed by atoms with Crippen LogP contribution >= 0.6 is 0 Å². The second-order valence-electron chi connectivity index (χ2n) is 6.75. The average molecular weight is 406 g/mol. The van der Waals surface area contributed by atoms with Crippen molar-refractivity contribution in [3.63, 3.8) is 0 Å². The zero-order valence-corrected chi connectivity index (χ0v) is 16.6. The van der Waals surface area contributed by atoms with Crippen molar-refractivity contribution >= 4 is 34.5 Å². The molecule has 30 heavy (non-hydrogen) atoms. The highest BCUT2D eigenvalue weighted by molar-refractivity contribution is 5.87. The number of halogens is 1. The van der Waals surface area contributed by atoms with E-state index in [1.165, 1.54) is 19.2 Å². The summed E-state index contributed by atoms with van der Waals surface area (Å²) >= 11 is 0. The van der Waals surface area contributed by atoms with Gasteiger partial charge in [0.1, 0.15) is 22.9 Å². The molecule has 2 N–H and O–H groups in total. The second-order valence-corrected chi connectivity index (χ2v) is 6.75. The highest BCUT2D eigenvalue weighted by Crippen LogP contribution is 2.27. The molecule has 0 radical (unpaired) electrons. The molecule has 0 aliphatic rings. The van der Waals surface area contributed by atoms with Crippen molar-refractivity contribution in [1.29, 1.82) is 0 Å². The number of fused-ring (bicyclic) bond motifs is 1. The highest BCUT2D eigenvalue weighted by atomic mass is 19.1. The van der Waals surface area contributed by atoms with Crippen LogP contribution in [0.3, 0.4) is 0 Å². The van der Waals surface area contributed by atoms with Gasteiger partial charge in [0.15, 0.2) is 5.65 Å². The Hall–Kier alpha value is -4.01. The number of rotatable bonds is 5. The normalized spacial score (nSPS) is 10.8. The van der Waals surface area contributed by atoms with Crippen LogP contribution in [-0.4, -0.2) is 25.4 Å². The molecule has 0 bridgehead atoms. The molecule has 0 fully saturated rings. The molecule has 8 nitrogen and oxygen atoms in total. The molecule has 4 rings (SSSR count). The Morgan fingerprint density at radius 1 is 1.13 bits per heavy atom. The van der Waals surface area contributed by atoms with Gasteiger partial charge in [0.25, 0.3) is 0 Å². The lowest BCUT2D eigenvalue weighted by Gasteiger charge is -2.08. The van der Waals surface area contributed by atoms with E-state index in [4.69, 9.17) is 4.74 Å². The number of amides is 1. The Bertz CT molecular complexity index is 1250. The summed E-state index contributed by atoms with van der Waals surface area (Å²) in [7, 11) is 1.78. The maximum atomic E-state index is 14.2. The number of nitrogens with zero attached hydrogens (tertiary/aromatic N) is 4. The lowest BCUT2D eigenvalue weighted by atomic mass is 10.2. The van der Waals surface area contributed by atoms with E-state index in [1.54, 1.807) is 41.9 Å². The minimum atomic E-state index is -0.355. The maximum Gasteiger partial charge on any atom is 0.222 e. The van der Waals surface area contributed by atoms with Crippen LogP contribution in [0.4, 0.5) is 21.8 Å². The van der Waals surface area contributed by atoms with Gasteiger partial charge >= 0.3 is 0 Å². The van der Waals surface area contributed by atoms with E-state index in [0.29, 0.717) is 40.2 Å². The van der Waals surface area contributed by atoms with E-state index < -0.39 is 0 Å². The van der Waals surface area contributed by atoms with Crippen LogP contribution in [0.25, 0.3) is 11.2 Å². The Morgan fingerprint density at radius 3 is 2.73 bits per heavy atom. The van der Waals surface area contributed by atoms with Crippen LogP contribution in [0.5, 0.6) is 11.6 Å². The van der Waals surface area contributed by atoms with Crippen LogP contribution in [-0.2, 0) is 11.8 Å². The van der Waals surface area contributed by atoms with Crippen molar-refractivity contribution in [1.82, 2.24) is 19.5 Å². The van der Waals surface area contributed by atoms with Crippen molar-refractivity contribution in [2.75, 3.05) is 10.6 Å². The number of carbonyl (C=O) groups excluding carboxylic acids is 1. The first kappa shape index (κ1) is 19.3. The molecule has 0 spiro atoms. The first-order chi connectivity index (χ1) is 14.4. The molecule has 0 atom stereocenters. The number of imidazole rings is 1. The fourth-order valence-electron chi connectivity index (χ4n) is 2.90. The second kappa shape index (κ2) is 7.78. The van der Waals surface area contributed by atoms with Crippen molar-refractivity contribution in [2.45, 2.75) is 13.8 Å². The van der Waals surface area contributed by atoms with Gasteiger partial charge in [-0.2, -0.15) is 4.98 Å². The third kappa shape index (κ3) is 4.04. The number of ether oxygens (including phenoxy) is 1. The standard InChI is InChI=1S/C21H19FN6O2/c1-12-4-5-16(15(22)10-12)25-21-26-17-6-7-19(27-20(17)28(21)3)30-14-8-9-23-18(11-14)24-13(2)29/h4-11H,1-3H3,(H,25,26)(H,23,24,29). The first-order valence-corrected chi connectivity index (χ1v) is 9.17. The Balaban J connectivity index is 1.60. The molecule has 1 aromatic carbocycles. The van der Waals surface area contributed by atoms with Crippen LogP contribution in [0, 0.1) is 12.7 Å². The molecule has 1 amide bonds. The molecule has 9 heteroatoms. The number of benzene rings is 1. The molecule has 152 valence electrons. The maximum absolute atomic E-state index is 14.2. The van der Waals surface area contributed by atoms with E-state index >= 15 is 0 Å². The summed E-state index contributed by atoms with van der Waals surface area (Å²) in [6, 6.07) is 11.7. The monoisotopic (exact) mass is 406 g/mol. The molecular formula is C21H19FN6O2. The highest BCUT2D eigenvalue weighted by Gasteiger charge is 2.13. The summed E-state index contributed by atoms with van der Waals surface area (Å²) < 4.78 is 21.7. The molecule has 0 saturated carbocycles. The number of hydrogen-bond acceptors (Lipinski definition) is 6. The molecule has 3 aromatic heterocycles. The molecule has 4 aromatic rings. The van der Waals surface area contributed by atoms with Gasteiger partial charge in [-0.15, -0.1) is 0 Å². The molecule has 0 aliphatic heterocycles. The van der Waals surface area contributed by atoms with Gasteiger partial charge in [-0.25, -0.2) is 14.4 Å². The first-order valence-electron chi connectivity index (χ1n) is 9.17. The minimum Gasteiger partial charge on any atom is -0.439 e. The van der Waals surface area contributed by atoms with Crippen LogP contribution in [0.1, 0.15) is 12.5 Å². The number of pyridine rings is 2. The molecule has 0 unspecified atom stereocenters. The fraction of sp³-hybridized carbons (Fsp3) is 0.143. The third-order valence-electron chi connectivity index (χ3n) is 4.32. The summed E-state index contributed by atoms with van der Waals surface area (Å²) in [6.45, 7) is 3.23. The van der Waals surface area contributed by atoms with Crippen molar-refractivity contribution in [2.24, 2.45) is 7.05 Å². The van der Waals surface area contributed by atoms with Gasteiger partial charge in [0.05, 0.1) is 5.69 Å². The van der Waals surface area contributed by atoms with Gasteiger partial charge < -0.3 is 15.4 Å². The Morgan fingerprint density at radius 2 is 1.97 bits per heavy atom. The third-order valence-corrected chi connectivity index (χ3v) is 4.32. The lowest BCUT2D eigenvalue weighted by molar-refractivity contribution is -0.114. The average Bonchev–Trinajstić information content (AvgIpc) is 2.99. The van der Waals surface area contributed by atoms with Crippen molar-refractivity contribution in [3.05, 3.63) is 60.0 Å². The largest absolute Gasteiger partial charge is 0.439 e. The number of carbonyl (C=O) groups is 1. The SMILES string of the molecule is CC(=O)Nc1cc(Oc2ccc3nc(Nc4ccc(C)cc4F)n(C)c3n2)ccn1. The molecule has 0 aliphatic carbocycles. The predicted molar refractivity (Wildman–Crippen MR) is 112 cm³/mol. The van der Waals surface area contributed by atoms with Crippen LogP contribution < -0.4 is 15.4 Å². The van der Waals surface area contributed by atoms with E-state index in [0.717, 1.165) is 5.56 Å². The van der Waals surface area contributed by atoms with Gasteiger partial charge in [0.2, 0.25) is 17.7 Å². The van der Waals surface area contributed by atoms with E-state index in [-0.39, 0.29) is 11.7 Å². The lowest BCUT2D eigenvalue weighted by Crippen LogP contribution is -2.07. The summed E-state index contributed by atoms with van der Waals surface area (Å²) in [5, 5.41) is 5.60. The predicted octanol–water partition coefficient (Wildman–Crippen LogP) is 4.31. The zero-order chi connectivity index (χ0) is 21.3. The smallest absolute Gasteiger partial charge is 0.222 e. The quantitative estimate of drug-likeness (QED) is 0.513. The molecule has 0 saturated heterocycles. The summed E-state index contributed by atoms with van der Waals surface area (Å²) in [6.07, 6.45) is 1.53. The van der Waals surface area contributed by atoms with Crippen LogP contribution in [0.15, 0.2) is 48.7 Å². The number of aromatic nitrogens is 4. The molecule has 3 heterocycles. The van der Waals surface area contributed by atoms with Crippen molar-refractivity contribution in [3.8, 4) is 11.6 Å². The summed E-state index contributed by atoms with van der Waals surface area (Å²) in [5.74, 6) is 1.08. The minimum absolute atomic E-state index is 0.223. The number of nitrogens with one attached hydrogen (secondary N) is 2. The Labute approximate surface area is 171 Å². The fourth-order valence-corrected chi connectivity index (χ4v) is 2.90. The van der Waals surface area contributed by atoms with Crippen LogP contribution in [0.2, 0.25) is 0 Å². The summed E-state index contributed by atoms with van der Waals surface area (Å²) in [4.78, 5) is 24.2. The van der Waals surface area contributed by atoms with Gasteiger partial charge in [0, 0.05) is 32.3 Å². The topological polar surface area (TPSA) is 94.0 Å². The van der Waals surface area contributed by atoms with Crippen molar-refractivity contribution < 1.29 is 13.9 Å². The summed E-state index contributed by atoms with van der Waals surface area (Å²) in [5.41, 5.74) is 2.37. The van der Waals surface area contributed by atoms with E-state index in [1.807, 2.05) is 13.0 Å². The number of anilines is 3. The number of hydrogen-bond donors (Lipinski definition) is 2. The Kier molecular flexibility index (Phi) is 5.01.